The molecule has 8 nitrogen and oxygen atoms in total. The van der Waals surface area contributed by atoms with Gasteiger partial charge in [0.15, 0.2) is 0 Å². The van der Waals surface area contributed by atoms with Gasteiger partial charge in [0.2, 0.25) is 10.0 Å². The first-order valence-corrected chi connectivity index (χ1v) is 14.3. The molecule has 0 saturated heterocycles. The summed E-state index contributed by atoms with van der Waals surface area (Å²) in [6, 6.07) is 11.1. The van der Waals surface area contributed by atoms with Gasteiger partial charge in [0.05, 0.1) is 12.2 Å². The summed E-state index contributed by atoms with van der Waals surface area (Å²) in [4.78, 5) is 13.3. The zero-order valence-electron chi connectivity index (χ0n) is 22.7. The first-order valence-electron chi connectivity index (χ1n) is 12.9. The van der Waals surface area contributed by atoms with Crippen LogP contribution in [-0.4, -0.2) is 72.7 Å². The lowest BCUT2D eigenvalue weighted by molar-refractivity contribution is 0.0697. The SMILES string of the molecule is CC(C)CC#Cc1ccc2c(c1)O[C@@H](CN(C)Cc1ccc(C(=O)O)cc1)[C@H](C)CN([C@H](C)CO)S2(=O)=O. The van der Waals surface area contributed by atoms with Crippen LogP contribution in [0.5, 0.6) is 5.75 Å². The van der Waals surface area contributed by atoms with Gasteiger partial charge in [-0.05, 0) is 55.8 Å². The second-order valence-electron chi connectivity index (χ2n) is 10.5. The lowest BCUT2D eigenvalue weighted by atomic mass is 10.0. The molecule has 0 aromatic heterocycles. The summed E-state index contributed by atoms with van der Waals surface area (Å²) in [6.07, 6.45) is 0.385. The van der Waals surface area contributed by atoms with Crippen LogP contribution >= 0.6 is 0 Å². The maximum Gasteiger partial charge on any atom is 0.335 e. The minimum atomic E-state index is -3.91. The van der Waals surface area contributed by atoms with E-state index in [1.54, 1.807) is 49.4 Å². The van der Waals surface area contributed by atoms with Gasteiger partial charge in [-0.3, -0.25) is 4.90 Å². The van der Waals surface area contributed by atoms with Crippen LogP contribution in [0.3, 0.4) is 0 Å². The summed E-state index contributed by atoms with van der Waals surface area (Å²) in [7, 11) is -1.97. The van der Waals surface area contributed by atoms with Crippen LogP contribution in [0.15, 0.2) is 47.4 Å². The second-order valence-corrected chi connectivity index (χ2v) is 12.4. The molecule has 0 radical (unpaired) electrons. The van der Waals surface area contributed by atoms with Gasteiger partial charge in [-0.1, -0.05) is 44.7 Å². The molecule has 2 aromatic carbocycles. The molecule has 0 fully saturated rings. The number of rotatable bonds is 8. The Bertz CT molecular complexity index is 1280. The van der Waals surface area contributed by atoms with Crippen LogP contribution in [0.1, 0.15) is 55.6 Å². The summed E-state index contributed by atoms with van der Waals surface area (Å²) in [6.45, 7) is 8.80. The highest BCUT2D eigenvalue weighted by Gasteiger charge is 2.38. The number of aliphatic hydroxyl groups excluding tert-OH is 1. The number of benzene rings is 2. The van der Waals surface area contributed by atoms with Crippen molar-refractivity contribution < 1.29 is 28.2 Å². The third-order valence-electron chi connectivity index (χ3n) is 6.56. The van der Waals surface area contributed by atoms with E-state index in [0.29, 0.717) is 24.6 Å². The van der Waals surface area contributed by atoms with E-state index in [4.69, 9.17) is 9.84 Å². The highest BCUT2D eigenvalue weighted by molar-refractivity contribution is 7.89. The van der Waals surface area contributed by atoms with Crippen molar-refractivity contribution in [2.45, 2.75) is 57.7 Å². The van der Waals surface area contributed by atoms with Crippen LogP contribution in [0.4, 0.5) is 0 Å². The average Bonchev–Trinajstić information content (AvgIpc) is 2.85. The molecule has 9 heteroatoms. The second kappa shape index (κ2) is 12.8. The Morgan fingerprint density at radius 3 is 2.47 bits per heavy atom. The first kappa shape index (κ1) is 29.7. The van der Waals surface area contributed by atoms with Gasteiger partial charge in [-0.2, -0.15) is 4.31 Å². The van der Waals surface area contributed by atoms with Gasteiger partial charge in [-0.25, -0.2) is 13.2 Å². The molecule has 0 saturated carbocycles. The fourth-order valence-corrected chi connectivity index (χ4v) is 6.14. The highest BCUT2D eigenvalue weighted by atomic mass is 32.2. The number of aromatic carboxylic acids is 1. The van der Waals surface area contributed by atoms with Gasteiger partial charge in [0, 0.05) is 43.6 Å². The number of nitrogens with zero attached hydrogens (tertiary/aromatic N) is 2. The number of fused-ring (bicyclic) bond motifs is 1. The van der Waals surface area contributed by atoms with Crippen LogP contribution in [0, 0.1) is 23.7 Å². The Balaban J connectivity index is 1.93. The van der Waals surface area contributed by atoms with Crippen molar-refractivity contribution in [3.05, 3.63) is 59.2 Å². The number of carbonyl (C=O) groups is 1. The molecule has 1 aliphatic heterocycles. The van der Waals surface area contributed by atoms with E-state index in [1.165, 1.54) is 4.31 Å². The zero-order chi connectivity index (χ0) is 28.0. The first-order chi connectivity index (χ1) is 17.9. The molecule has 0 amide bonds. The summed E-state index contributed by atoms with van der Waals surface area (Å²) >= 11 is 0. The van der Waals surface area contributed by atoms with Gasteiger partial charge < -0.3 is 14.9 Å². The number of likely N-dealkylation sites (N-methyl/N-ethyl adjacent to an activating group) is 1. The van der Waals surface area contributed by atoms with Crippen molar-refractivity contribution >= 4 is 16.0 Å². The Morgan fingerprint density at radius 1 is 1.18 bits per heavy atom. The number of carboxylic acids is 1. The third kappa shape index (κ3) is 7.35. The smallest absolute Gasteiger partial charge is 0.335 e. The largest absolute Gasteiger partial charge is 0.487 e. The summed E-state index contributed by atoms with van der Waals surface area (Å²) in [5.41, 5.74) is 1.87. The number of carboxylic acid groups (broad SMARTS) is 1. The predicted octanol–water partition coefficient (Wildman–Crippen LogP) is 3.68. The van der Waals surface area contributed by atoms with Crippen molar-refractivity contribution in [3.63, 3.8) is 0 Å². The van der Waals surface area contributed by atoms with E-state index >= 15 is 0 Å². The van der Waals surface area contributed by atoms with Crippen LogP contribution < -0.4 is 4.74 Å². The third-order valence-corrected chi connectivity index (χ3v) is 8.57. The van der Waals surface area contributed by atoms with Crippen molar-refractivity contribution in [1.29, 1.82) is 0 Å². The Kier molecular flexibility index (Phi) is 9.96. The van der Waals surface area contributed by atoms with Gasteiger partial charge in [0.25, 0.3) is 0 Å². The normalized spacial score (nSPS) is 20.0. The quantitative estimate of drug-likeness (QED) is 0.490. The lowest BCUT2D eigenvalue weighted by Crippen LogP contribution is -2.49. The van der Waals surface area contributed by atoms with Gasteiger partial charge in [-0.15, -0.1) is 0 Å². The van der Waals surface area contributed by atoms with Gasteiger partial charge >= 0.3 is 5.97 Å². The summed E-state index contributed by atoms with van der Waals surface area (Å²) in [5.74, 6) is 5.79. The molecule has 2 N–H and O–H groups in total. The molecule has 3 atom stereocenters. The molecule has 1 heterocycles. The van der Waals surface area contributed by atoms with Crippen molar-refractivity contribution in [1.82, 2.24) is 9.21 Å². The number of sulfonamides is 1. The molecule has 3 rings (SSSR count). The molecular weight excluding hydrogens is 504 g/mol. The standard InChI is InChI=1S/C29H38N2O6S/c1-20(2)7-6-8-23-11-14-28-26(15-23)37-27(21(3)16-31(22(4)19-32)38(28,35)36)18-30(5)17-24-9-12-25(13-10-24)29(33)34/h9-15,20-22,27,32H,7,16-19H2,1-5H3,(H,33,34)/t21-,22-,27+/m1/s1. The molecule has 1 aliphatic rings. The van der Waals surface area contributed by atoms with E-state index in [9.17, 15) is 18.3 Å². The molecule has 0 aliphatic carbocycles. The number of hydrogen-bond donors (Lipinski definition) is 2. The van der Waals surface area contributed by atoms with Crippen molar-refractivity contribution in [3.8, 4) is 17.6 Å². The fourth-order valence-electron chi connectivity index (χ4n) is 4.31. The highest BCUT2D eigenvalue weighted by Crippen LogP contribution is 2.34. The van der Waals surface area contributed by atoms with Gasteiger partial charge in [0.1, 0.15) is 16.7 Å². The molecule has 38 heavy (non-hydrogen) atoms. The topological polar surface area (TPSA) is 107 Å². The van der Waals surface area contributed by atoms with E-state index in [-0.39, 0.29) is 41.4 Å². The predicted molar refractivity (Wildman–Crippen MR) is 147 cm³/mol. The van der Waals surface area contributed by atoms with Crippen molar-refractivity contribution in [2.24, 2.45) is 11.8 Å². The molecule has 2 aromatic rings. The zero-order valence-corrected chi connectivity index (χ0v) is 23.5. The molecule has 0 spiro atoms. The fraction of sp³-hybridized carbons (Fsp3) is 0.483. The van der Waals surface area contributed by atoms with E-state index in [0.717, 1.165) is 12.0 Å². The lowest BCUT2D eigenvalue weighted by Gasteiger charge is -2.37. The maximum absolute atomic E-state index is 13.6. The Labute approximate surface area is 226 Å². The van der Waals surface area contributed by atoms with Crippen LogP contribution in [0.25, 0.3) is 0 Å². The number of aliphatic hydroxyl groups is 1. The minimum absolute atomic E-state index is 0.0658. The van der Waals surface area contributed by atoms with E-state index < -0.39 is 22.0 Å². The molecule has 0 unspecified atom stereocenters. The maximum atomic E-state index is 13.6. The van der Waals surface area contributed by atoms with E-state index in [1.807, 2.05) is 14.0 Å². The molecule has 206 valence electrons. The average molecular weight is 543 g/mol. The molecular formula is C29H38N2O6S. The Morgan fingerprint density at radius 2 is 1.87 bits per heavy atom. The molecule has 0 bridgehead atoms. The number of hydrogen-bond acceptors (Lipinski definition) is 6. The van der Waals surface area contributed by atoms with E-state index in [2.05, 4.69) is 30.6 Å². The number of ether oxygens (including phenoxy) is 1. The Hall–Kier alpha value is -2.90. The van der Waals surface area contributed by atoms with Crippen LogP contribution in [0.2, 0.25) is 0 Å². The van der Waals surface area contributed by atoms with Crippen LogP contribution in [-0.2, 0) is 16.6 Å². The summed E-state index contributed by atoms with van der Waals surface area (Å²) < 4.78 is 35.0. The minimum Gasteiger partial charge on any atom is -0.487 e. The van der Waals surface area contributed by atoms with Crippen molar-refractivity contribution in [2.75, 3.05) is 26.7 Å². The monoisotopic (exact) mass is 542 g/mol. The summed E-state index contributed by atoms with van der Waals surface area (Å²) in [5, 5.41) is 19.0.